The van der Waals surface area contributed by atoms with Crippen LogP contribution in [0.15, 0.2) is 0 Å². The fraction of sp³-hybridized carbons (Fsp3) is 0.750. The van der Waals surface area contributed by atoms with E-state index in [1.807, 2.05) is 0 Å². The number of carbonyl (C=O) groups is 2. The van der Waals surface area contributed by atoms with Crippen LogP contribution in [-0.4, -0.2) is 30.8 Å². The summed E-state index contributed by atoms with van der Waals surface area (Å²) in [6.45, 7) is 2.51. The van der Waals surface area contributed by atoms with Crippen LogP contribution in [0.3, 0.4) is 0 Å². The van der Waals surface area contributed by atoms with E-state index >= 15 is 0 Å². The van der Waals surface area contributed by atoms with Gasteiger partial charge in [-0.1, -0.05) is 0 Å². The molecule has 0 spiro atoms. The van der Waals surface area contributed by atoms with Crippen molar-refractivity contribution in [3.05, 3.63) is 0 Å². The smallest absolute Gasteiger partial charge is 0.237 e. The van der Waals surface area contributed by atoms with Gasteiger partial charge in [0.1, 0.15) is 5.78 Å². The summed E-state index contributed by atoms with van der Waals surface area (Å²) in [7, 11) is 0. The molecular weight excluding hydrogens is 156 g/mol. The van der Waals surface area contributed by atoms with Crippen molar-refractivity contribution in [1.82, 2.24) is 10.6 Å². The Balaban J connectivity index is 2.23. The van der Waals surface area contributed by atoms with Gasteiger partial charge >= 0.3 is 0 Å². The minimum Gasteiger partial charge on any atom is -0.348 e. The van der Waals surface area contributed by atoms with Gasteiger partial charge in [-0.15, -0.1) is 0 Å². The molecule has 0 radical (unpaired) electrons. The second-order valence-corrected chi connectivity index (χ2v) is 3.07. The van der Waals surface area contributed by atoms with E-state index in [2.05, 4.69) is 10.6 Å². The lowest BCUT2D eigenvalue weighted by atomic mass is 10.2. The summed E-state index contributed by atoms with van der Waals surface area (Å²) in [5.74, 6) is -0.0657. The molecule has 2 N–H and O–H groups in total. The highest BCUT2D eigenvalue weighted by Gasteiger charge is 2.21. The Kier molecular flexibility index (Phi) is 3.22. The van der Waals surface area contributed by atoms with Crippen molar-refractivity contribution in [3.63, 3.8) is 0 Å². The van der Waals surface area contributed by atoms with Gasteiger partial charge in [0.2, 0.25) is 5.91 Å². The number of ketones is 1. The second-order valence-electron chi connectivity index (χ2n) is 3.07. The van der Waals surface area contributed by atoms with Crippen molar-refractivity contribution in [1.29, 1.82) is 0 Å². The largest absolute Gasteiger partial charge is 0.348 e. The van der Waals surface area contributed by atoms with Crippen molar-refractivity contribution in [2.75, 3.05) is 13.1 Å². The van der Waals surface area contributed by atoms with Gasteiger partial charge in [-0.3, -0.25) is 9.59 Å². The van der Waals surface area contributed by atoms with Crippen LogP contribution in [0.1, 0.15) is 19.8 Å². The van der Waals surface area contributed by atoms with Crippen molar-refractivity contribution < 1.29 is 9.59 Å². The third-order valence-electron chi connectivity index (χ3n) is 1.89. The van der Waals surface area contributed by atoms with E-state index < -0.39 is 0 Å². The Labute approximate surface area is 71.7 Å². The molecule has 12 heavy (non-hydrogen) atoms. The molecule has 4 nitrogen and oxygen atoms in total. The number of rotatable bonds is 3. The van der Waals surface area contributed by atoms with Crippen LogP contribution in [0.5, 0.6) is 0 Å². The van der Waals surface area contributed by atoms with Crippen LogP contribution in [0.2, 0.25) is 0 Å². The summed E-state index contributed by atoms with van der Waals surface area (Å²) in [6.07, 6.45) is 1.92. The number of amides is 1. The van der Waals surface area contributed by atoms with Gasteiger partial charge in [0, 0.05) is 0 Å². The lowest BCUT2D eigenvalue weighted by Crippen LogP contribution is -2.42. The van der Waals surface area contributed by atoms with Crippen LogP contribution < -0.4 is 10.6 Å². The van der Waals surface area contributed by atoms with Crippen LogP contribution in [0.4, 0.5) is 0 Å². The van der Waals surface area contributed by atoms with Crippen molar-refractivity contribution in [2.24, 2.45) is 0 Å². The molecule has 68 valence electrons. The molecule has 1 aliphatic rings. The SMILES string of the molecule is CC(=O)CNC(=O)[C@@H]1CCCN1. The zero-order chi connectivity index (χ0) is 8.97. The van der Waals surface area contributed by atoms with E-state index in [0.29, 0.717) is 0 Å². The van der Waals surface area contributed by atoms with E-state index in [1.165, 1.54) is 6.92 Å². The Morgan fingerprint density at radius 3 is 2.83 bits per heavy atom. The highest BCUT2D eigenvalue weighted by molar-refractivity contribution is 5.87. The predicted molar refractivity (Wildman–Crippen MR) is 44.7 cm³/mol. The van der Waals surface area contributed by atoms with Gasteiger partial charge in [0.05, 0.1) is 12.6 Å². The standard InChI is InChI=1S/C8H14N2O2/c1-6(11)5-10-8(12)7-3-2-4-9-7/h7,9H,2-5H2,1H3,(H,10,12)/t7-/m0/s1. The Morgan fingerprint density at radius 1 is 1.58 bits per heavy atom. The lowest BCUT2D eigenvalue weighted by molar-refractivity contribution is -0.125. The molecule has 1 heterocycles. The van der Waals surface area contributed by atoms with Crippen molar-refractivity contribution in [2.45, 2.75) is 25.8 Å². The van der Waals surface area contributed by atoms with E-state index in [4.69, 9.17) is 0 Å². The summed E-state index contributed by atoms with van der Waals surface area (Å²) < 4.78 is 0. The molecule has 1 saturated heterocycles. The average molecular weight is 170 g/mol. The van der Waals surface area contributed by atoms with Gasteiger partial charge in [-0.2, -0.15) is 0 Å². The van der Waals surface area contributed by atoms with Gasteiger partial charge in [-0.25, -0.2) is 0 Å². The van der Waals surface area contributed by atoms with Crippen LogP contribution >= 0.6 is 0 Å². The van der Waals surface area contributed by atoms with Gasteiger partial charge in [0.25, 0.3) is 0 Å². The monoisotopic (exact) mass is 170 g/mol. The van der Waals surface area contributed by atoms with E-state index in [9.17, 15) is 9.59 Å². The number of hydrogen-bond donors (Lipinski definition) is 2. The maximum atomic E-state index is 11.2. The molecule has 1 fully saturated rings. The number of carbonyl (C=O) groups excluding carboxylic acids is 2. The summed E-state index contributed by atoms with van der Waals surface area (Å²) in [5.41, 5.74) is 0. The van der Waals surface area contributed by atoms with Crippen LogP contribution in [0, 0.1) is 0 Å². The average Bonchev–Trinajstić information content (AvgIpc) is 2.51. The second kappa shape index (κ2) is 4.21. The topological polar surface area (TPSA) is 58.2 Å². The minimum absolute atomic E-state index is 0.0126. The highest BCUT2D eigenvalue weighted by Crippen LogP contribution is 2.03. The van der Waals surface area contributed by atoms with Crippen LogP contribution in [-0.2, 0) is 9.59 Å². The van der Waals surface area contributed by atoms with E-state index in [1.54, 1.807) is 0 Å². The van der Waals surface area contributed by atoms with Gasteiger partial charge < -0.3 is 10.6 Å². The molecule has 1 atom stereocenters. The van der Waals surface area contributed by atoms with Crippen molar-refractivity contribution in [3.8, 4) is 0 Å². The number of nitrogens with one attached hydrogen (secondary N) is 2. The zero-order valence-electron chi connectivity index (χ0n) is 7.22. The maximum absolute atomic E-state index is 11.2. The number of Topliss-reactive ketones (excluding diaryl/α,β-unsaturated/α-hetero) is 1. The molecule has 1 rings (SSSR count). The van der Waals surface area contributed by atoms with Gasteiger partial charge in [-0.05, 0) is 26.3 Å². The molecular formula is C8H14N2O2. The normalized spacial score (nSPS) is 22.2. The lowest BCUT2D eigenvalue weighted by Gasteiger charge is -2.08. The molecule has 0 aromatic rings. The van der Waals surface area contributed by atoms with Gasteiger partial charge in [0.15, 0.2) is 0 Å². The predicted octanol–water partition coefficient (Wildman–Crippen LogP) is -0.556. The third kappa shape index (κ3) is 2.62. The molecule has 0 bridgehead atoms. The first-order valence-electron chi connectivity index (χ1n) is 4.20. The Hall–Kier alpha value is -0.900. The fourth-order valence-corrected chi connectivity index (χ4v) is 1.24. The summed E-state index contributed by atoms with van der Waals surface area (Å²) >= 11 is 0. The first kappa shape index (κ1) is 9.19. The maximum Gasteiger partial charge on any atom is 0.237 e. The van der Waals surface area contributed by atoms with Crippen molar-refractivity contribution >= 4 is 11.7 Å². The minimum atomic E-state index is -0.0793. The summed E-state index contributed by atoms with van der Waals surface area (Å²) in [6, 6.07) is -0.0793. The quantitative estimate of drug-likeness (QED) is 0.597. The highest BCUT2D eigenvalue weighted by atomic mass is 16.2. The molecule has 0 aliphatic carbocycles. The Bertz CT molecular complexity index is 185. The first-order valence-corrected chi connectivity index (χ1v) is 4.20. The summed E-state index contributed by atoms with van der Waals surface area (Å²) in [5, 5.41) is 5.63. The Morgan fingerprint density at radius 2 is 2.33 bits per heavy atom. The molecule has 0 aromatic heterocycles. The van der Waals surface area contributed by atoms with E-state index in [0.717, 1.165) is 19.4 Å². The molecule has 1 amide bonds. The fourth-order valence-electron chi connectivity index (χ4n) is 1.24. The van der Waals surface area contributed by atoms with Crippen LogP contribution in [0.25, 0.3) is 0 Å². The molecule has 0 unspecified atom stereocenters. The number of hydrogen-bond acceptors (Lipinski definition) is 3. The first-order chi connectivity index (χ1) is 5.70. The third-order valence-corrected chi connectivity index (χ3v) is 1.89. The van der Waals surface area contributed by atoms with E-state index in [-0.39, 0.29) is 24.3 Å². The molecule has 0 aromatic carbocycles. The zero-order valence-corrected chi connectivity index (χ0v) is 7.22. The summed E-state index contributed by atoms with van der Waals surface area (Å²) in [4.78, 5) is 21.8. The molecule has 1 aliphatic heterocycles. The molecule has 0 saturated carbocycles. The molecule has 4 heteroatoms.